The Balaban J connectivity index is 1.90. The van der Waals surface area contributed by atoms with Gasteiger partial charge in [0.05, 0.1) is 0 Å². The second-order valence-corrected chi connectivity index (χ2v) is 4.49. The van der Waals surface area contributed by atoms with E-state index >= 15 is 0 Å². The standard InChI is InChI=1S/C16H17FN2O/c17-14-7-5-12(6-8-14)9-10-19-16(20)15-4-2-1-3-13(15)11-18/h1-8H,9-11,18H2,(H,19,20). The van der Waals surface area contributed by atoms with Crippen molar-refractivity contribution in [1.82, 2.24) is 5.32 Å². The summed E-state index contributed by atoms with van der Waals surface area (Å²) >= 11 is 0. The second-order valence-electron chi connectivity index (χ2n) is 4.49. The average molecular weight is 272 g/mol. The van der Waals surface area contributed by atoms with Crippen molar-refractivity contribution in [2.45, 2.75) is 13.0 Å². The Labute approximate surface area is 117 Å². The normalized spacial score (nSPS) is 10.3. The Kier molecular flexibility index (Phi) is 4.85. The first kappa shape index (κ1) is 14.2. The van der Waals surface area contributed by atoms with Crippen LogP contribution in [0.3, 0.4) is 0 Å². The number of benzene rings is 2. The van der Waals surface area contributed by atoms with E-state index in [0.29, 0.717) is 25.1 Å². The Morgan fingerprint density at radius 2 is 1.80 bits per heavy atom. The molecule has 0 fully saturated rings. The Morgan fingerprint density at radius 1 is 1.10 bits per heavy atom. The molecule has 0 unspecified atom stereocenters. The van der Waals surface area contributed by atoms with E-state index in [0.717, 1.165) is 11.1 Å². The molecule has 3 nitrogen and oxygen atoms in total. The zero-order valence-electron chi connectivity index (χ0n) is 11.1. The summed E-state index contributed by atoms with van der Waals surface area (Å²) < 4.78 is 12.8. The fraction of sp³-hybridized carbons (Fsp3) is 0.188. The minimum atomic E-state index is -0.255. The van der Waals surface area contributed by atoms with Gasteiger partial charge >= 0.3 is 0 Å². The molecule has 2 rings (SSSR count). The zero-order valence-corrected chi connectivity index (χ0v) is 11.1. The van der Waals surface area contributed by atoms with Crippen molar-refractivity contribution >= 4 is 5.91 Å². The summed E-state index contributed by atoms with van der Waals surface area (Å²) in [5.74, 6) is -0.386. The van der Waals surface area contributed by atoms with Gasteiger partial charge in [-0.3, -0.25) is 4.79 Å². The van der Waals surface area contributed by atoms with E-state index < -0.39 is 0 Å². The van der Waals surface area contributed by atoms with Crippen LogP contribution in [0.2, 0.25) is 0 Å². The summed E-state index contributed by atoms with van der Waals surface area (Å²) in [7, 11) is 0. The van der Waals surface area contributed by atoms with E-state index in [1.54, 1.807) is 18.2 Å². The van der Waals surface area contributed by atoms with Crippen LogP contribution in [0, 0.1) is 5.82 Å². The lowest BCUT2D eigenvalue weighted by atomic mass is 10.1. The van der Waals surface area contributed by atoms with Gasteiger partial charge in [-0.1, -0.05) is 30.3 Å². The smallest absolute Gasteiger partial charge is 0.251 e. The topological polar surface area (TPSA) is 55.1 Å². The van der Waals surface area contributed by atoms with Crippen molar-refractivity contribution in [2.75, 3.05) is 6.54 Å². The molecule has 0 saturated heterocycles. The van der Waals surface area contributed by atoms with Gasteiger partial charge < -0.3 is 11.1 Å². The summed E-state index contributed by atoms with van der Waals surface area (Å²) in [6.07, 6.45) is 0.664. The highest BCUT2D eigenvalue weighted by atomic mass is 19.1. The van der Waals surface area contributed by atoms with E-state index in [4.69, 9.17) is 5.73 Å². The van der Waals surface area contributed by atoms with Gasteiger partial charge in [-0.15, -0.1) is 0 Å². The molecule has 0 aromatic heterocycles. The fourth-order valence-electron chi connectivity index (χ4n) is 1.99. The number of nitrogens with one attached hydrogen (secondary N) is 1. The minimum Gasteiger partial charge on any atom is -0.352 e. The molecule has 2 aromatic rings. The van der Waals surface area contributed by atoms with E-state index in [1.807, 2.05) is 18.2 Å². The molecule has 2 aromatic carbocycles. The van der Waals surface area contributed by atoms with Crippen molar-refractivity contribution < 1.29 is 9.18 Å². The largest absolute Gasteiger partial charge is 0.352 e. The number of rotatable bonds is 5. The van der Waals surface area contributed by atoms with Crippen LogP contribution < -0.4 is 11.1 Å². The highest BCUT2D eigenvalue weighted by Crippen LogP contribution is 2.08. The highest BCUT2D eigenvalue weighted by molar-refractivity contribution is 5.95. The maximum absolute atomic E-state index is 12.8. The first-order valence-corrected chi connectivity index (χ1v) is 6.51. The molecule has 4 heteroatoms. The molecule has 1 amide bonds. The van der Waals surface area contributed by atoms with Gasteiger partial charge in [0.2, 0.25) is 0 Å². The number of hydrogen-bond acceptors (Lipinski definition) is 2. The predicted molar refractivity (Wildman–Crippen MR) is 76.8 cm³/mol. The summed E-state index contributed by atoms with van der Waals surface area (Å²) in [6.45, 7) is 0.838. The molecular formula is C16H17FN2O. The number of nitrogens with two attached hydrogens (primary N) is 1. The molecule has 20 heavy (non-hydrogen) atoms. The Hall–Kier alpha value is -2.20. The molecule has 0 aliphatic heterocycles. The first-order chi connectivity index (χ1) is 9.70. The summed E-state index contributed by atoms with van der Waals surface area (Å²) in [5.41, 5.74) is 8.02. The molecule has 0 radical (unpaired) electrons. The van der Waals surface area contributed by atoms with E-state index in [2.05, 4.69) is 5.32 Å². The van der Waals surface area contributed by atoms with Gasteiger partial charge in [-0.05, 0) is 35.7 Å². The molecule has 0 aliphatic carbocycles. The first-order valence-electron chi connectivity index (χ1n) is 6.51. The molecule has 104 valence electrons. The van der Waals surface area contributed by atoms with Crippen LogP contribution in [-0.2, 0) is 13.0 Å². The van der Waals surface area contributed by atoms with Crippen LogP contribution in [0.4, 0.5) is 4.39 Å². The third kappa shape index (κ3) is 3.65. The van der Waals surface area contributed by atoms with E-state index in [9.17, 15) is 9.18 Å². The molecule has 0 heterocycles. The van der Waals surface area contributed by atoms with Crippen molar-refractivity contribution in [3.63, 3.8) is 0 Å². The summed E-state index contributed by atoms with van der Waals surface area (Å²) in [5, 5.41) is 2.85. The second kappa shape index (κ2) is 6.82. The van der Waals surface area contributed by atoms with Gasteiger partial charge in [0.25, 0.3) is 5.91 Å². The monoisotopic (exact) mass is 272 g/mol. The number of carbonyl (C=O) groups is 1. The number of halogens is 1. The SMILES string of the molecule is NCc1ccccc1C(=O)NCCc1ccc(F)cc1. The van der Waals surface area contributed by atoms with Crippen LogP contribution in [-0.4, -0.2) is 12.5 Å². The number of carbonyl (C=O) groups excluding carboxylic acids is 1. The molecule has 0 saturated carbocycles. The lowest BCUT2D eigenvalue weighted by molar-refractivity contribution is 0.0953. The Bertz CT molecular complexity index is 581. The van der Waals surface area contributed by atoms with Crippen LogP contribution >= 0.6 is 0 Å². The molecule has 0 bridgehead atoms. The van der Waals surface area contributed by atoms with Crippen molar-refractivity contribution in [2.24, 2.45) is 5.73 Å². The maximum atomic E-state index is 12.8. The number of amides is 1. The molecule has 3 N–H and O–H groups in total. The fourth-order valence-corrected chi connectivity index (χ4v) is 1.99. The Morgan fingerprint density at radius 3 is 2.50 bits per heavy atom. The van der Waals surface area contributed by atoms with Gasteiger partial charge in [0, 0.05) is 18.7 Å². The van der Waals surface area contributed by atoms with E-state index in [-0.39, 0.29) is 11.7 Å². The molecule has 0 aliphatic rings. The predicted octanol–water partition coefficient (Wildman–Crippen LogP) is 2.26. The lowest BCUT2D eigenvalue weighted by Crippen LogP contribution is -2.27. The summed E-state index contributed by atoms with van der Waals surface area (Å²) in [6, 6.07) is 13.5. The van der Waals surface area contributed by atoms with Crippen LogP contribution in [0.1, 0.15) is 21.5 Å². The van der Waals surface area contributed by atoms with Crippen molar-refractivity contribution in [3.05, 3.63) is 71.0 Å². The van der Waals surface area contributed by atoms with Gasteiger partial charge in [0.1, 0.15) is 5.82 Å². The van der Waals surface area contributed by atoms with Gasteiger partial charge in [-0.2, -0.15) is 0 Å². The third-order valence-electron chi connectivity index (χ3n) is 3.09. The lowest BCUT2D eigenvalue weighted by Gasteiger charge is -2.08. The summed E-state index contributed by atoms with van der Waals surface area (Å²) in [4.78, 5) is 12.0. The van der Waals surface area contributed by atoms with Gasteiger partial charge in [0.15, 0.2) is 0 Å². The van der Waals surface area contributed by atoms with Crippen molar-refractivity contribution in [1.29, 1.82) is 0 Å². The van der Waals surface area contributed by atoms with E-state index in [1.165, 1.54) is 12.1 Å². The average Bonchev–Trinajstić information content (AvgIpc) is 2.49. The quantitative estimate of drug-likeness (QED) is 0.877. The maximum Gasteiger partial charge on any atom is 0.251 e. The van der Waals surface area contributed by atoms with Gasteiger partial charge in [-0.25, -0.2) is 4.39 Å². The van der Waals surface area contributed by atoms with Crippen molar-refractivity contribution in [3.8, 4) is 0 Å². The minimum absolute atomic E-state index is 0.131. The molecule has 0 atom stereocenters. The van der Waals surface area contributed by atoms with Crippen LogP contribution in [0.5, 0.6) is 0 Å². The zero-order chi connectivity index (χ0) is 14.4. The molecular weight excluding hydrogens is 255 g/mol. The van der Waals surface area contributed by atoms with Crippen LogP contribution in [0.25, 0.3) is 0 Å². The third-order valence-corrected chi connectivity index (χ3v) is 3.09. The molecule has 0 spiro atoms. The highest BCUT2D eigenvalue weighted by Gasteiger charge is 2.08. The van der Waals surface area contributed by atoms with Crippen LogP contribution in [0.15, 0.2) is 48.5 Å². The number of hydrogen-bond donors (Lipinski definition) is 2.